The minimum atomic E-state index is -1.00. The lowest BCUT2D eigenvalue weighted by atomic mass is 9.85. The number of nitrogens with zero attached hydrogens (tertiary/aromatic N) is 2. The third-order valence-corrected chi connectivity index (χ3v) is 9.95. The molecule has 0 saturated heterocycles. The molecule has 230 valence electrons. The van der Waals surface area contributed by atoms with Crippen LogP contribution in [0.15, 0.2) is 170 Å². The van der Waals surface area contributed by atoms with E-state index in [1.54, 1.807) is 12.4 Å². The molecule has 0 radical (unpaired) electrons. The molecule has 0 aliphatic heterocycles. The molecule has 0 unspecified atom stereocenters. The summed E-state index contributed by atoms with van der Waals surface area (Å²) in [5.41, 5.74) is 12.0. The third-order valence-electron chi connectivity index (χ3n) is 7.63. The molecule has 0 aliphatic carbocycles. The summed E-state index contributed by atoms with van der Waals surface area (Å²) < 4.78 is -0.593. The van der Waals surface area contributed by atoms with Crippen LogP contribution in [0.2, 0.25) is 0 Å². The van der Waals surface area contributed by atoms with Crippen molar-refractivity contribution < 1.29 is 9.90 Å². The molecule has 2 heterocycles. The van der Waals surface area contributed by atoms with Gasteiger partial charge in [-0.3, -0.25) is 14.8 Å². The van der Waals surface area contributed by atoms with Crippen molar-refractivity contribution in [3.63, 3.8) is 0 Å². The molecule has 5 nitrogen and oxygen atoms in total. The summed E-state index contributed by atoms with van der Waals surface area (Å²) in [6, 6.07) is 47.2. The van der Waals surface area contributed by atoms with Gasteiger partial charge in [0.15, 0.2) is 0 Å². The van der Waals surface area contributed by atoms with E-state index in [1.807, 2.05) is 134 Å². The SMILES string of the molecule is ClC(c1ccccc1)(c1ccccc1)c1cccnc1.N[C@@H](CSC(c1ccccc1)(c1ccccc1)c1cccnc1)C(=O)O. The number of pyridine rings is 2. The molecular formula is C39H34ClN3O2S. The number of benzene rings is 4. The van der Waals surface area contributed by atoms with Crippen molar-refractivity contribution in [3.8, 4) is 0 Å². The summed E-state index contributed by atoms with van der Waals surface area (Å²) in [6.07, 6.45) is 7.15. The number of hydrogen-bond donors (Lipinski definition) is 2. The van der Waals surface area contributed by atoms with Crippen molar-refractivity contribution in [2.75, 3.05) is 5.75 Å². The van der Waals surface area contributed by atoms with Gasteiger partial charge in [0.2, 0.25) is 0 Å². The van der Waals surface area contributed by atoms with Crippen molar-refractivity contribution >= 4 is 29.3 Å². The van der Waals surface area contributed by atoms with Crippen LogP contribution in [0.1, 0.15) is 33.4 Å². The quantitative estimate of drug-likeness (QED) is 0.147. The Labute approximate surface area is 279 Å². The minimum Gasteiger partial charge on any atom is -0.480 e. The van der Waals surface area contributed by atoms with Gasteiger partial charge in [-0.05, 0) is 39.9 Å². The van der Waals surface area contributed by atoms with E-state index in [0.717, 1.165) is 33.4 Å². The largest absolute Gasteiger partial charge is 0.480 e. The number of carboxylic acids is 1. The Balaban J connectivity index is 0.000000187. The number of aromatic nitrogens is 2. The smallest absolute Gasteiger partial charge is 0.321 e. The molecule has 2 aromatic heterocycles. The summed E-state index contributed by atoms with van der Waals surface area (Å²) in [6.45, 7) is 0. The normalized spacial score (nSPS) is 12.0. The number of hydrogen-bond acceptors (Lipinski definition) is 5. The average Bonchev–Trinajstić information content (AvgIpc) is 3.14. The fourth-order valence-electron chi connectivity index (χ4n) is 5.35. The van der Waals surface area contributed by atoms with E-state index in [4.69, 9.17) is 17.3 Å². The summed E-state index contributed by atoms with van der Waals surface area (Å²) in [5.74, 6) is -0.729. The number of rotatable bonds is 10. The van der Waals surface area contributed by atoms with E-state index >= 15 is 0 Å². The average molecular weight is 644 g/mol. The lowest BCUT2D eigenvalue weighted by Crippen LogP contribution is -2.36. The molecule has 3 N–H and O–H groups in total. The number of thioether (sulfide) groups is 1. The van der Waals surface area contributed by atoms with Crippen molar-refractivity contribution in [1.29, 1.82) is 0 Å². The van der Waals surface area contributed by atoms with Crippen molar-refractivity contribution in [3.05, 3.63) is 204 Å². The number of alkyl halides is 1. The lowest BCUT2D eigenvalue weighted by molar-refractivity contribution is -0.137. The van der Waals surface area contributed by atoms with Gasteiger partial charge in [0.25, 0.3) is 0 Å². The molecule has 1 atom stereocenters. The van der Waals surface area contributed by atoms with Crippen LogP contribution in [0.3, 0.4) is 0 Å². The Hall–Kier alpha value is -4.75. The fourth-order valence-corrected chi connectivity index (χ4v) is 7.18. The topological polar surface area (TPSA) is 89.1 Å². The van der Waals surface area contributed by atoms with Crippen LogP contribution >= 0.6 is 23.4 Å². The highest BCUT2D eigenvalue weighted by Gasteiger charge is 2.38. The predicted molar refractivity (Wildman–Crippen MR) is 188 cm³/mol. The highest BCUT2D eigenvalue weighted by Crippen LogP contribution is 2.48. The zero-order valence-electron chi connectivity index (χ0n) is 25.1. The minimum absolute atomic E-state index is 0.272. The first-order chi connectivity index (χ1) is 22.5. The molecule has 0 saturated carbocycles. The highest BCUT2D eigenvalue weighted by atomic mass is 35.5. The first kappa shape index (κ1) is 32.6. The van der Waals surface area contributed by atoms with E-state index < -0.39 is 21.6 Å². The van der Waals surface area contributed by atoms with Gasteiger partial charge in [-0.2, -0.15) is 0 Å². The Bertz CT molecular complexity index is 1590. The van der Waals surface area contributed by atoms with Crippen LogP contribution in [0, 0.1) is 0 Å². The summed E-state index contributed by atoms with van der Waals surface area (Å²) in [7, 11) is 0. The van der Waals surface area contributed by atoms with Gasteiger partial charge in [-0.15, -0.1) is 23.4 Å². The Morgan fingerprint density at radius 2 is 0.978 bits per heavy atom. The highest BCUT2D eigenvalue weighted by molar-refractivity contribution is 8.00. The summed E-state index contributed by atoms with van der Waals surface area (Å²) in [5, 5.41) is 9.24. The summed E-state index contributed by atoms with van der Waals surface area (Å²) >= 11 is 8.59. The van der Waals surface area contributed by atoms with Crippen LogP contribution in [0.4, 0.5) is 0 Å². The fraction of sp³-hybridized carbons (Fsp3) is 0.103. The maximum atomic E-state index is 11.3. The molecule has 0 fully saturated rings. The van der Waals surface area contributed by atoms with Gasteiger partial charge >= 0.3 is 5.97 Å². The molecule has 4 aromatic carbocycles. The number of aliphatic carboxylic acids is 1. The van der Waals surface area contributed by atoms with Crippen molar-refractivity contribution in [2.45, 2.75) is 15.7 Å². The molecular weight excluding hydrogens is 610 g/mol. The molecule has 0 spiro atoms. The number of carbonyl (C=O) groups is 1. The Morgan fingerprint density at radius 3 is 1.35 bits per heavy atom. The zero-order chi connectivity index (χ0) is 32.2. The van der Waals surface area contributed by atoms with Gasteiger partial charge in [-0.25, -0.2) is 0 Å². The van der Waals surface area contributed by atoms with Crippen molar-refractivity contribution in [1.82, 2.24) is 9.97 Å². The van der Waals surface area contributed by atoms with E-state index in [1.165, 1.54) is 11.8 Å². The molecule has 0 amide bonds. The van der Waals surface area contributed by atoms with Gasteiger partial charge in [0.1, 0.15) is 10.9 Å². The molecule has 0 bridgehead atoms. The van der Waals surface area contributed by atoms with Gasteiger partial charge in [0.05, 0.1) is 4.75 Å². The second-order valence-corrected chi connectivity index (χ2v) is 12.3. The Morgan fingerprint density at radius 1 is 0.609 bits per heavy atom. The lowest BCUT2D eigenvalue weighted by Gasteiger charge is -2.35. The monoisotopic (exact) mass is 643 g/mol. The van der Waals surface area contributed by atoms with Crippen molar-refractivity contribution in [2.24, 2.45) is 5.73 Å². The van der Waals surface area contributed by atoms with Gasteiger partial charge in [0, 0.05) is 36.1 Å². The zero-order valence-corrected chi connectivity index (χ0v) is 26.6. The van der Waals surface area contributed by atoms with E-state index in [0.29, 0.717) is 0 Å². The van der Waals surface area contributed by atoms with E-state index in [9.17, 15) is 9.90 Å². The maximum Gasteiger partial charge on any atom is 0.321 e. The van der Waals surface area contributed by atoms with Crippen LogP contribution < -0.4 is 5.73 Å². The maximum absolute atomic E-state index is 11.3. The van der Waals surface area contributed by atoms with Crippen LogP contribution in [-0.4, -0.2) is 32.8 Å². The first-order valence-electron chi connectivity index (χ1n) is 14.8. The van der Waals surface area contributed by atoms with Gasteiger partial charge in [-0.1, -0.05) is 133 Å². The van der Waals surface area contributed by atoms with E-state index in [2.05, 4.69) is 34.2 Å². The van der Waals surface area contributed by atoms with Crippen LogP contribution in [0.5, 0.6) is 0 Å². The third kappa shape index (κ3) is 7.21. The number of carboxylic acid groups (broad SMARTS) is 1. The molecule has 6 rings (SSSR count). The second kappa shape index (κ2) is 15.5. The molecule has 46 heavy (non-hydrogen) atoms. The Kier molecular flexibility index (Phi) is 11.0. The van der Waals surface area contributed by atoms with Crippen LogP contribution in [0.25, 0.3) is 0 Å². The first-order valence-corrected chi connectivity index (χ1v) is 16.2. The molecule has 6 aromatic rings. The molecule has 7 heteroatoms. The number of halogens is 1. The van der Waals surface area contributed by atoms with Gasteiger partial charge < -0.3 is 10.8 Å². The van der Waals surface area contributed by atoms with Crippen LogP contribution in [-0.2, 0) is 14.4 Å². The predicted octanol–water partition coefficient (Wildman–Crippen LogP) is 8.13. The molecule has 0 aliphatic rings. The standard InChI is InChI=1S/C21H20N2O2S.C18H14ClN/c22-19(20(24)25)15-26-21(16-8-3-1-4-9-16,17-10-5-2-6-11-17)18-12-7-13-23-14-18;19-18(15-8-3-1-4-9-15,16-10-5-2-6-11-16)17-12-7-13-20-14-17/h1-14,19H,15,22H2,(H,24,25);1-14H/t19-;/m0./s1. The second-order valence-electron chi connectivity index (χ2n) is 10.5. The van der Waals surface area contributed by atoms with E-state index in [-0.39, 0.29) is 5.75 Å². The number of nitrogens with two attached hydrogens (primary N) is 1. The summed E-state index contributed by atoms with van der Waals surface area (Å²) in [4.78, 5) is 19.1.